The maximum atomic E-state index is 0. The van der Waals surface area contributed by atoms with Crippen molar-refractivity contribution in [3.8, 4) is 0 Å². The van der Waals surface area contributed by atoms with Crippen molar-refractivity contribution in [2.75, 3.05) is 0 Å². The molecule has 0 bridgehead atoms. The Hall–Kier alpha value is 3.71. The van der Waals surface area contributed by atoms with E-state index >= 15 is 0 Å². The molecule has 0 atom stereocenters. The molecule has 0 fully saturated rings. The van der Waals surface area contributed by atoms with Crippen LogP contribution in [0.4, 0.5) is 0 Å². The maximum absolute atomic E-state index is 0. The van der Waals surface area contributed by atoms with Crippen LogP contribution in [0.25, 0.3) is 0 Å². The normalized spacial score (nSPS) is 0. The summed E-state index contributed by atoms with van der Waals surface area (Å²) in [6.45, 7) is 0. The second-order valence-corrected chi connectivity index (χ2v) is 0. The zero-order valence-electron chi connectivity index (χ0n) is 2.13. The molecule has 0 aliphatic carbocycles. The summed E-state index contributed by atoms with van der Waals surface area (Å²) in [4.78, 5) is 0. The van der Waals surface area contributed by atoms with E-state index in [0.29, 0.717) is 0 Å². The molecule has 0 heterocycles. The monoisotopic (exact) mass is 644 g/mol. The molecule has 0 aromatic carbocycles. The van der Waals surface area contributed by atoms with Gasteiger partial charge in [0.05, 0.1) is 0 Å². The van der Waals surface area contributed by atoms with Crippen LogP contribution in [-0.4, -0.2) is 23.7 Å². The SMILES string of the molecule is I.I.I.I.[TeH2]. The standard InChI is InChI=1S/4HI.H2Te/h4*1H;1H2. The molecule has 0 saturated heterocycles. The second-order valence-electron chi connectivity index (χ2n) is 0. The molecule has 0 aliphatic rings. The van der Waals surface area contributed by atoms with Crippen LogP contribution in [-0.2, 0) is 0 Å². The minimum atomic E-state index is 0. The van der Waals surface area contributed by atoms with E-state index in [1.165, 1.54) is 0 Å². The van der Waals surface area contributed by atoms with Gasteiger partial charge in [0.15, 0.2) is 0 Å². The summed E-state index contributed by atoms with van der Waals surface area (Å²) < 4.78 is 0. The zero-order valence-corrected chi connectivity index (χ0v) is 14.3. The van der Waals surface area contributed by atoms with Gasteiger partial charge in [0.2, 0.25) is 0 Å². The molecule has 40 valence electrons. The molecule has 0 rings (SSSR count). The van der Waals surface area contributed by atoms with E-state index < -0.39 is 0 Å². The summed E-state index contributed by atoms with van der Waals surface area (Å²) in [6.07, 6.45) is 0. The average molecular weight is 641 g/mol. The topological polar surface area (TPSA) is 0 Å². The third-order valence-electron chi connectivity index (χ3n) is 0. The fraction of sp³-hybridized carbons (Fsp3) is 0. The molecule has 0 aromatic rings. The molecule has 0 saturated carbocycles. The molecule has 0 spiro atoms. The molecular weight excluding hydrogens is 635 g/mol. The number of rotatable bonds is 0. The van der Waals surface area contributed by atoms with Crippen LogP contribution in [0.5, 0.6) is 0 Å². The van der Waals surface area contributed by atoms with Crippen molar-refractivity contribution in [1.29, 1.82) is 0 Å². The van der Waals surface area contributed by atoms with Gasteiger partial charge in [-0.15, -0.1) is 95.9 Å². The molecule has 5 heteroatoms. The van der Waals surface area contributed by atoms with E-state index in [1.807, 2.05) is 0 Å². The number of hydrogen-bond donors (Lipinski definition) is 0. The summed E-state index contributed by atoms with van der Waals surface area (Å²) in [6, 6.07) is 0. The van der Waals surface area contributed by atoms with Gasteiger partial charge in [-0.2, -0.15) is 0 Å². The van der Waals surface area contributed by atoms with Crippen molar-refractivity contribution in [1.82, 2.24) is 0 Å². The van der Waals surface area contributed by atoms with Gasteiger partial charge in [0.25, 0.3) is 0 Å². The van der Waals surface area contributed by atoms with Crippen molar-refractivity contribution in [3.05, 3.63) is 0 Å². The van der Waals surface area contributed by atoms with Crippen molar-refractivity contribution in [2.24, 2.45) is 0 Å². The number of halogens is 4. The Morgan fingerprint density at radius 1 is 0.400 bits per heavy atom. The van der Waals surface area contributed by atoms with Gasteiger partial charge in [-0.25, -0.2) is 0 Å². The van der Waals surface area contributed by atoms with Gasteiger partial charge in [-0.1, -0.05) is 0 Å². The summed E-state index contributed by atoms with van der Waals surface area (Å²) in [5.41, 5.74) is 0. The Kier molecular flexibility index (Phi) is 190. The van der Waals surface area contributed by atoms with E-state index in [2.05, 4.69) is 0 Å². The first-order valence-corrected chi connectivity index (χ1v) is 0. The summed E-state index contributed by atoms with van der Waals surface area (Å²) in [5.74, 6) is 0. The van der Waals surface area contributed by atoms with Crippen molar-refractivity contribution in [3.63, 3.8) is 0 Å². The van der Waals surface area contributed by atoms with Crippen LogP contribution in [0.3, 0.4) is 0 Å². The fourth-order valence-corrected chi connectivity index (χ4v) is 0. The first kappa shape index (κ1) is 37.6. The third kappa shape index (κ3) is 18.3. The van der Waals surface area contributed by atoms with Crippen LogP contribution >= 0.6 is 95.9 Å². The van der Waals surface area contributed by atoms with Crippen LogP contribution in [0.2, 0.25) is 0 Å². The Morgan fingerprint density at radius 2 is 0.400 bits per heavy atom. The Bertz CT molecular complexity index is 3.61. The van der Waals surface area contributed by atoms with E-state index in [-0.39, 0.29) is 120 Å². The van der Waals surface area contributed by atoms with Crippen molar-refractivity contribution in [2.45, 2.75) is 0 Å². The van der Waals surface area contributed by atoms with E-state index in [4.69, 9.17) is 0 Å². The molecule has 0 aromatic heterocycles. The minimum absolute atomic E-state index is 0. The van der Waals surface area contributed by atoms with Gasteiger partial charge in [0.1, 0.15) is 0 Å². The Labute approximate surface area is 117 Å². The van der Waals surface area contributed by atoms with Crippen molar-refractivity contribution < 1.29 is 0 Å². The predicted octanol–water partition coefficient (Wildman–Crippen LogP) is 1.56. The van der Waals surface area contributed by atoms with Gasteiger partial charge in [-0.3, -0.25) is 0 Å². The molecule has 0 radical (unpaired) electrons. The van der Waals surface area contributed by atoms with E-state index in [1.54, 1.807) is 0 Å². The van der Waals surface area contributed by atoms with E-state index in [0.717, 1.165) is 0 Å². The first-order chi connectivity index (χ1) is 0. The van der Waals surface area contributed by atoms with Gasteiger partial charge >= 0.3 is 23.7 Å². The van der Waals surface area contributed by atoms with Crippen LogP contribution < -0.4 is 0 Å². The second kappa shape index (κ2) is 25.2. The molecule has 0 nitrogen and oxygen atoms in total. The summed E-state index contributed by atoms with van der Waals surface area (Å²) >= 11 is 0. The van der Waals surface area contributed by atoms with Crippen molar-refractivity contribution >= 4 is 120 Å². The van der Waals surface area contributed by atoms with Crippen LogP contribution in [0, 0.1) is 0 Å². The Balaban J connectivity index is 0. The molecule has 0 aliphatic heterocycles. The predicted molar refractivity (Wildman–Crippen MR) is 70.2 cm³/mol. The zero-order chi connectivity index (χ0) is 0. The van der Waals surface area contributed by atoms with Gasteiger partial charge < -0.3 is 0 Å². The quantitative estimate of drug-likeness (QED) is 0.279. The fourth-order valence-electron chi connectivity index (χ4n) is 0. The van der Waals surface area contributed by atoms with Crippen LogP contribution in [0.15, 0.2) is 0 Å². The number of hydrogen-bond acceptors (Lipinski definition) is 0. The molecule has 0 N–H and O–H groups in total. The molecule has 0 amide bonds. The summed E-state index contributed by atoms with van der Waals surface area (Å²) in [7, 11) is 0. The Morgan fingerprint density at radius 3 is 0.400 bits per heavy atom. The summed E-state index contributed by atoms with van der Waals surface area (Å²) in [5, 5.41) is 0. The third-order valence-corrected chi connectivity index (χ3v) is 0. The van der Waals surface area contributed by atoms with Gasteiger partial charge in [-0.05, 0) is 0 Å². The first-order valence-electron chi connectivity index (χ1n) is 0. The molecular formula is H6I4Te. The van der Waals surface area contributed by atoms with Gasteiger partial charge in [0, 0.05) is 0 Å². The average Bonchev–Trinajstić information content (AvgIpc) is 0. The molecule has 0 unspecified atom stereocenters. The van der Waals surface area contributed by atoms with E-state index in [9.17, 15) is 0 Å². The van der Waals surface area contributed by atoms with Crippen LogP contribution in [0.1, 0.15) is 0 Å². The molecule has 5 heavy (non-hydrogen) atoms.